The largest absolute Gasteiger partial charge is 0.465 e. The van der Waals surface area contributed by atoms with Crippen molar-refractivity contribution < 1.29 is 17.9 Å². The summed E-state index contributed by atoms with van der Waals surface area (Å²) >= 11 is 5.77. The molecular formula is C11H11ClN4O4S. The summed E-state index contributed by atoms with van der Waals surface area (Å²) in [5.74, 6) is -0.741. The minimum atomic E-state index is -4.24. The molecule has 2 aromatic rings. The summed E-state index contributed by atoms with van der Waals surface area (Å²) in [6.45, 7) is 1.46. The first-order valence-corrected chi connectivity index (χ1v) is 7.51. The standard InChI is InChI=1S/C11H11ClN4O4S/c1-6-9(11(17)20-2)10(21(13,18)19)16(15-6)8-5-3-4-7(12)14-8/h3-5H,1-2H3,(H2,13,18,19). The number of nitrogens with two attached hydrogens (primary N) is 1. The highest BCUT2D eigenvalue weighted by Gasteiger charge is 2.30. The van der Waals surface area contributed by atoms with Crippen LogP contribution in [0, 0.1) is 6.92 Å². The van der Waals surface area contributed by atoms with Crippen LogP contribution in [-0.4, -0.2) is 36.3 Å². The van der Waals surface area contributed by atoms with Crippen LogP contribution < -0.4 is 5.14 Å². The van der Waals surface area contributed by atoms with Crippen LogP contribution in [0.1, 0.15) is 16.1 Å². The van der Waals surface area contributed by atoms with Gasteiger partial charge in [-0.3, -0.25) is 0 Å². The number of halogens is 1. The van der Waals surface area contributed by atoms with Gasteiger partial charge in [0.2, 0.25) is 0 Å². The number of hydrogen-bond donors (Lipinski definition) is 1. The van der Waals surface area contributed by atoms with E-state index < -0.39 is 21.0 Å². The van der Waals surface area contributed by atoms with Crippen LogP contribution >= 0.6 is 11.6 Å². The Morgan fingerprint density at radius 1 is 1.43 bits per heavy atom. The molecule has 2 N–H and O–H groups in total. The van der Waals surface area contributed by atoms with Gasteiger partial charge in [0, 0.05) is 0 Å². The molecule has 0 unspecified atom stereocenters. The zero-order valence-electron chi connectivity index (χ0n) is 11.1. The van der Waals surface area contributed by atoms with Crippen molar-refractivity contribution in [3.63, 3.8) is 0 Å². The molecule has 8 nitrogen and oxygen atoms in total. The minimum Gasteiger partial charge on any atom is -0.465 e. The number of esters is 1. The highest BCUT2D eigenvalue weighted by Crippen LogP contribution is 2.22. The molecule has 0 amide bonds. The second kappa shape index (κ2) is 5.43. The number of carbonyl (C=O) groups excluding carboxylic acids is 1. The van der Waals surface area contributed by atoms with E-state index in [9.17, 15) is 13.2 Å². The van der Waals surface area contributed by atoms with Crippen molar-refractivity contribution in [2.75, 3.05) is 7.11 Å². The summed E-state index contributed by atoms with van der Waals surface area (Å²) in [5.41, 5.74) is -0.0885. The molecule has 0 aliphatic rings. The molecule has 0 aromatic carbocycles. The summed E-state index contributed by atoms with van der Waals surface area (Å²) in [7, 11) is -3.11. The van der Waals surface area contributed by atoms with Crippen molar-refractivity contribution in [3.8, 4) is 5.82 Å². The van der Waals surface area contributed by atoms with Crippen LogP contribution in [0.5, 0.6) is 0 Å². The smallest absolute Gasteiger partial charge is 0.342 e. The quantitative estimate of drug-likeness (QED) is 0.652. The first-order valence-electron chi connectivity index (χ1n) is 5.59. The van der Waals surface area contributed by atoms with E-state index in [1.807, 2.05) is 0 Å². The molecule has 2 rings (SSSR count). The first kappa shape index (κ1) is 15.4. The predicted molar refractivity (Wildman–Crippen MR) is 73.8 cm³/mol. The molecule has 2 heterocycles. The van der Waals surface area contributed by atoms with Crippen molar-refractivity contribution in [2.24, 2.45) is 5.14 Å². The van der Waals surface area contributed by atoms with Gasteiger partial charge in [0.1, 0.15) is 10.7 Å². The average Bonchev–Trinajstić information content (AvgIpc) is 2.75. The molecule has 0 radical (unpaired) electrons. The molecule has 10 heteroatoms. The van der Waals surface area contributed by atoms with Gasteiger partial charge in [-0.2, -0.15) is 5.10 Å². The molecule has 0 spiro atoms. The topological polar surface area (TPSA) is 117 Å². The number of aromatic nitrogens is 3. The zero-order chi connectivity index (χ0) is 15.8. The van der Waals surface area contributed by atoms with Crippen molar-refractivity contribution >= 4 is 27.6 Å². The fourth-order valence-electron chi connectivity index (χ4n) is 1.78. The molecule has 0 saturated carbocycles. The Labute approximate surface area is 125 Å². The Morgan fingerprint density at radius 2 is 2.10 bits per heavy atom. The monoisotopic (exact) mass is 330 g/mol. The Kier molecular flexibility index (Phi) is 3.99. The molecule has 0 atom stereocenters. The number of aryl methyl sites for hydroxylation is 1. The van der Waals surface area contributed by atoms with Gasteiger partial charge in [-0.05, 0) is 19.1 Å². The number of pyridine rings is 1. The van der Waals surface area contributed by atoms with Crippen LogP contribution in [0.15, 0.2) is 23.2 Å². The fourth-order valence-corrected chi connectivity index (χ4v) is 2.83. The van der Waals surface area contributed by atoms with E-state index in [-0.39, 0.29) is 22.2 Å². The number of ether oxygens (including phenoxy) is 1. The third-order valence-corrected chi connectivity index (χ3v) is 3.72. The van der Waals surface area contributed by atoms with Crippen molar-refractivity contribution in [1.82, 2.24) is 14.8 Å². The molecular weight excluding hydrogens is 320 g/mol. The van der Waals surface area contributed by atoms with Crippen molar-refractivity contribution in [3.05, 3.63) is 34.6 Å². The number of methoxy groups -OCH3 is 1. The maximum absolute atomic E-state index is 11.8. The van der Waals surface area contributed by atoms with Gasteiger partial charge in [0.15, 0.2) is 10.8 Å². The van der Waals surface area contributed by atoms with E-state index in [4.69, 9.17) is 16.7 Å². The second-order valence-electron chi connectivity index (χ2n) is 4.03. The molecule has 21 heavy (non-hydrogen) atoms. The molecule has 0 aliphatic carbocycles. The molecule has 0 aliphatic heterocycles. The molecule has 2 aromatic heterocycles. The van der Waals surface area contributed by atoms with Crippen LogP contribution in [0.25, 0.3) is 5.82 Å². The lowest BCUT2D eigenvalue weighted by molar-refractivity contribution is 0.0595. The number of carbonyl (C=O) groups is 1. The van der Waals surface area contributed by atoms with Crippen LogP contribution in [0.4, 0.5) is 0 Å². The zero-order valence-corrected chi connectivity index (χ0v) is 12.6. The maximum Gasteiger partial charge on any atom is 0.342 e. The lowest BCUT2D eigenvalue weighted by atomic mass is 10.3. The number of primary sulfonamides is 1. The highest BCUT2D eigenvalue weighted by molar-refractivity contribution is 7.89. The van der Waals surface area contributed by atoms with E-state index in [0.29, 0.717) is 0 Å². The van der Waals surface area contributed by atoms with Crippen molar-refractivity contribution in [2.45, 2.75) is 11.9 Å². The normalized spacial score (nSPS) is 11.4. The SMILES string of the molecule is COC(=O)c1c(C)nn(-c2cccc(Cl)n2)c1S(N)(=O)=O. The summed E-state index contributed by atoms with van der Waals surface area (Å²) in [5, 5.41) is 8.82. The average molecular weight is 331 g/mol. The number of hydrogen-bond acceptors (Lipinski definition) is 6. The van der Waals surface area contributed by atoms with E-state index >= 15 is 0 Å². The van der Waals surface area contributed by atoms with Gasteiger partial charge in [0.05, 0.1) is 12.8 Å². The maximum atomic E-state index is 11.8. The predicted octanol–water partition coefficient (Wildman–Crippen LogP) is 0.663. The number of rotatable bonds is 3. The first-order chi connectivity index (χ1) is 9.75. The summed E-state index contributed by atoms with van der Waals surface area (Å²) in [4.78, 5) is 15.7. The molecule has 112 valence electrons. The number of nitrogens with zero attached hydrogens (tertiary/aromatic N) is 3. The Balaban J connectivity index is 2.82. The van der Waals surface area contributed by atoms with Gasteiger partial charge in [-0.15, -0.1) is 0 Å². The third kappa shape index (κ3) is 2.89. The van der Waals surface area contributed by atoms with Crippen LogP contribution in [0.2, 0.25) is 5.15 Å². The fraction of sp³-hybridized carbons (Fsp3) is 0.182. The Morgan fingerprint density at radius 3 is 2.62 bits per heavy atom. The van der Waals surface area contributed by atoms with E-state index in [1.54, 1.807) is 6.07 Å². The lowest BCUT2D eigenvalue weighted by Gasteiger charge is -2.06. The van der Waals surface area contributed by atoms with Crippen molar-refractivity contribution in [1.29, 1.82) is 0 Å². The Bertz CT molecular complexity index is 816. The second-order valence-corrected chi connectivity index (χ2v) is 5.90. The highest BCUT2D eigenvalue weighted by atomic mass is 35.5. The van der Waals surface area contributed by atoms with Gasteiger partial charge < -0.3 is 4.74 Å². The van der Waals surface area contributed by atoms with E-state index in [2.05, 4.69) is 14.8 Å². The third-order valence-electron chi connectivity index (χ3n) is 2.59. The van der Waals surface area contributed by atoms with Gasteiger partial charge in [-0.25, -0.2) is 28.0 Å². The van der Waals surface area contributed by atoms with Gasteiger partial charge >= 0.3 is 5.97 Å². The summed E-state index contributed by atoms with van der Waals surface area (Å²) in [6, 6.07) is 4.56. The van der Waals surface area contributed by atoms with Gasteiger partial charge in [-0.1, -0.05) is 17.7 Å². The molecule has 0 bridgehead atoms. The van der Waals surface area contributed by atoms with Gasteiger partial charge in [0.25, 0.3) is 10.0 Å². The lowest BCUT2D eigenvalue weighted by Crippen LogP contribution is -2.21. The molecule has 0 saturated heterocycles. The minimum absolute atomic E-state index is 0.116. The van der Waals surface area contributed by atoms with Crippen LogP contribution in [0.3, 0.4) is 0 Å². The summed E-state index contributed by atoms with van der Waals surface area (Å²) < 4.78 is 29.1. The van der Waals surface area contributed by atoms with E-state index in [1.165, 1.54) is 19.1 Å². The van der Waals surface area contributed by atoms with Crippen LogP contribution in [-0.2, 0) is 14.8 Å². The Hall–Kier alpha value is -1.97. The van der Waals surface area contributed by atoms with E-state index in [0.717, 1.165) is 11.8 Å². The number of sulfonamides is 1. The summed E-state index contributed by atoms with van der Waals surface area (Å²) in [6.07, 6.45) is 0. The molecule has 0 fully saturated rings.